The minimum atomic E-state index is 0.643. The molecule has 0 aliphatic rings. The summed E-state index contributed by atoms with van der Waals surface area (Å²) >= 11 is 0. The van der Waals surface area contributed by atoms with Gasteiger partial charge < -0.3 is 20.5 Å². The maximum absolute atomic E-state index is 5.41. The predicted molar refractivity (Wildman–Crippen MR) is 136 cm³/mol. The van der Waals surface area contributed by atoms with Crippen LogP contribution in [0.15, 0.2) is 73.1 Å². The largest absolute Gasteiger partial charge is 0.493 e. The monoisotopic (exact) mass is 444 g/mol. The number of hydrogen-bond acceptors (Lipinski definition) is 6. The average Bonchev–Trinajstić information content (AvgIpc) is 2.85. The Morgan fingerprint density at radius 2 is 1.45 bits per heavy atom. The van der Waals surface area contributed by atoms with E-state index in [0.717, 1.165) is 35.4 Å². The molecule has 1 aromatic heterocycles. The Hall–Kier alpha value is -3.64. The highest BCUT2D eigenvalue weighted by Gasteiger charge is 2.11. The Morgan fingerprint density at radius 3 is 2.06 bits per heavy atom. The lowest BCUT2D eigenvalue weighted by Gasteiger charge is -2.12. The molecule has 6 nitrogen and oxygen atoms in total. The van der Waals surface area contributed by atoms with Gasteiger partial charge in [0.2, 0.25) is 0 Å². The molecule has 1 heterocycles. The zero-order valence-corrected chi connectivity index (χ0v) is 19.7. The molecule has 0 saturated carbocycles. The van der Waals surface area contributed by atoms with Crippen molar-refractivity contribution in [3.63, 3.8) is 0 Å². The third-order valence-electron chi connectivity index (χ3n) is 5.08. The van der Waals surface area contributed by atoms with E-state index < -0.39 is 0 Å². The Morgan fingerprint density at radius 1 is 0.848 bits per heavy atom. The van der Waals surface area contributed by atoms with E-state index in [1.165, 1.54) is 11.1 Å². The van der Waals surface area contributed by atoms with Crippen molar-refractivity contribution in [2.45, 2.75) is 20.3 Å². The number of benzene rings is 3. The van der Waals surface area contributed by atoms with E-state index in [0.29, 0.717) is 17.4 Å². The van der Waals surface area contributed by atoms with Crippen molar-refractivity contribution in [1.29, 1.82) is 0 Å². The zero-order chi connectivity index (χ0) is 23.6. The van der Waals surface area contributed by atoms with E-state index in [-0.39, 0.29) is 0 Å². The summed E-state index contributed by atoms with van der Waals surface area (Å²) in [5.74, 6) is 2.67. The fraction of sp³-hybridized carbons (Fsp3) is 0.259. The van der Waals surface area contributed by atoms with Crippen LogP contribution in [-0.2, 0) is 6.42 Å². The summed E-state index contributed by atoms with van der Waals surface area (Å²) in [5, 5.41) is 4.25. The van der Waals surface area contributed by atoms with Crippen molar-refractivity contribution in [1.82, 2.24) is 9.97 Å². The first-order valence-corrected chi connectivity index (χ1v) is 11.0. The lowest BCUT2D eigenvalue weighted by atomic mass is 10.0. The number of nitrogens with two attached hydrogens (primary N) is 1. The van der Waals surface area contributed by atoms with Gasteiger partial charge in [0.05, 0.1) is 19.7 Å². The smallest absolute Gasteiger partial charge is 0.162 e. The molecule has 3 N–H and O–H groups in total. The van der Waals surface area contributed by atoms with Gasteiger partial charge >= 0.3 is 0 Å². The fourth-order valence-corrected chi connectivity index (χ4v) is 3.16. The maximum Gasteiger partial charge on any atom is 0.162 e. The van der Waals surface area contributed by atoms with Crippen LogP contribution in [0.25, 0.3) is 10.9 Å². The first-order chi connectivity index (χ1) is 16.0. The number of rotatable bonds is 7. The van der Waals surface area contributed by atoms with Crippen molar-refractivity contribution >= 4 is 22.4 Å². The molecule has 4 rings (SSSR count). The van der Waals surface area contributed by atoms with Crippen molar-refractivity contribution in [2.24, 2.45) is 11.7 Å². The van der Waals surface area contributed by atoms with Crippen LogP contribution < -0.4 is 20.5 Å². The molecule has 0 atom stereocenters. The van der Waals surface area contributed by atoms with Crippen LogP contribution in [0.5, 0.6) is 11.5 Å². The van der Waals surface area contributed by atoms with E-state index in [1.807, 2.05) is 18.2 Å². The third kappa shape index (κ3) is 6.67. The number of anilines is 2. The van der Waals surface area contributed by atoms with Crippen molar-refractivity contribution < 1.29 is 9.47 Å². The summed E-state index contributed by atoms with van der Waals surface area (Å²) in [4.78, 5) is 8.75. The molecule has 0 bridgehead atoms. The molecular weight excluding hydrogens is 412 g/mol. The van der Waals surface area contributed by atoms with Gasteiger partial charge in [-0.1, -0.05) is 56.3 Å². The molecule has 0 fully saturated rings. The van der Waals surface area contributed by atoms with E-state index in [2.05, 4.69) is 77.7 Å². The summed E-state index contributed by atoms with van der Waals surface area (Å²) in [5.41, 5.74) is 9.48. The number of methoxy groups -OCH3 is 2. The highest BCUT2D eigenvalue weighted by molar-refractivity contribution is 5.93. The normalized spacial score (nSPS) is 10.5. The fourth-order valence-electron chi connectivity index (χ4n) is 3.16. The summed E-state index contributed by atoms with van der Waals surface area (Å²) < 4.78 is 10.8. The number of aromatic nitrogens is 2. The molecule has 0 saturated heterocycles. The zero-order valence-electron chi connectivity index (χ0n) is 19.7. The van der Waals surface area contributed by atoms with Gasteiger partial charge in [0.1, 0.15) is 12.1 Å². The first kappa shape index (κ1) is 24.0. The highest BCUT2D eigenvalue weighted by Crippen LogP contribution is 2.34. The predicted octanol–water partition coefficient (Wildman–Crippen LogP) is 5.58. The second-order valence-electron chi connectivity index (χ2n) is 8.06. The van der Waals surface area contributed by atoms with Gasteiger partial charge in [-0.05, 0) is 48.2 Å². The second kappa shape index (κ2) is 11.8. The second-order valence-corrected chi connectivity index (χ2v) is 8.06. The Balaban J connectivity index is 0.000000555. The van der Waals surface area contributed by atoms with E-state index >= 15 is 0 Å². The lowest BCUT2D eigenvalue weighted by Crippen LogP contribution is -2.05. The molecule has 6 heteroatoms. The van der Waals surface area contributed by atoms with Gasteiger partial charge in [0, 0.05) is 17.1 Å². The minimum absolute atomic E-state index is 0.643. The number of hydrogen-bond donors (Lipinski definition) is 2. The van der Waals surface area contributed by atoms with Crippen LogP contribution in [0.3, 0.4) is 0 Å². The van der Waals surface area contributed by atoms with Crippen LogP contribution in [0.2, 0.25) is 0 Å². The molecule has 0 radical (unpaired) electrons. The summed E-state index contributed by atoms with van der Waals surface area (Å²) in [6.45, 7) is 5.00. The minimum Gasteiger partial charge on any atom is -0.493 e. The summed E-state index contributed by atoms with van der Waals surface area (Å²) in [7, 11) is 3.23. The van der Waals surface area contributed by atoms with Gasteiger partial charge in [-0.25, -0.2) is 9.97 Å². The maximum atomic E-state index is 5.41. The molecule has 33 heavy (non-hydrogen) atoms. The molecule has 4 aromatic rings. The van der Waals surface area contributed by atoms with E-state index in [9.17, 15) is 0 Å². The Labute approximate surface area is 195 Å². The van der Waals surface area contributed by atoms with Crippen LogP contribution in [0.4, 0.5) is 11.5 Å². The number of nitrogens with one attached hydrogen (secondary N) is 1. The number of nitrogens with zero attached hydrogens (tertiary/aromatic N) is 2. The van der Waals surface area contributed by atoms with Gasteiger partial charge in [0.25, 0.3) is 0 Å². The SMILES string of the molecule is CC(C)CN.COc1cc2ncnc(Nc3ccc(Cc4ccccc4)cc3)c2cc1OC. The van der Waals surface area contributed by atoms with Gasteiger partial charge in [-0.15, -0.1) is 0 Å². The third-order valence-corrected chi connectivity index (χ3v) is 5.08. The highest BCUT2D eigenvalue weighted by atomic mass is 16.5. The quantitative estimate of drug-likeness (QED) is 0.387. The standard InChI is InChI=1S/C23H21N3O2.C4H11N/c1-27-21-13-19-20(14-22(21)28-2)24-15-25-23(19)26-18-10-8-17(9-11-18)12-16-6-4-3-5-7-16;1-4(2)3-5/h3-11,13-15H,12H2,1-2H3,(H,24,25,26);4H,3,5H2,1-2H3. The van der Waals surface area contributed by atoms with Crippen molar-refractivity contribution in [3.8, 4) is 11.5 Å². The van der Waals surface area contributed by atoms with Crippen LogP contribution in [-0.4, -0.2) is 30.7 Å². The number of fused-ring (bicyclic) bond motifs is 1. The first-order valence-electron chi connectivity index (χ1n) is 11.0. The van der Waals surface area contributed by atoms with Gasteiger partial charge in [0.15, 0.2) is 11.5 Å². The lowest BCUT2D eigenvalue weighted by molar-refractivity contribution is 0.356. The van der Waals surface area contributed by atoms with E-state index in [4.69, 9.17) is 15.2 Å². The topological polar surface area (TPSA) is 82.3 Å². The molecule has 172 valence electrons. The van der Waals surface area contributed by atoms with Crippen LogP contribution >= 0.6 is 0 Å². The molecule has 0 aliphatic heterocycles. The molecular formula is C27H32N4O2. The van der Waals surface area contributed by atoms with Crippen molar-refractivity contribution in [3.05, 3.63) is 84.2 Å². The van der Waals surface area contributed by atoms with Crippen LogP contribution in [0, 0.1) is 5.92 Å². The molecule has 0 aliphatic carbocycles. The summed E-state index contributed by atoms with van der Waals surface area (Å²) in [6.07, 6.45) is 2.45. The van der Waals surface area contributed by atoms with E-state index in [1.54, 1.807) is 20.5 Å². The average molecular weight is 445 g/mol. The molecule has 0 unspecified atom stereocenters. The van der Waals surface area contributed by atoms with Gasteiger partial charge in [-0.2, -0.15) is 0 Å². The molecule has 0 amide bonds. The van der Waals surface area contributed by atoms with Gasteiger partial charge in [-0.3, -0.25) is 0 Å². The molecule has 3 aromatic carbocycles. The van der Waals surface area contributed by atoms with Crippen LogP contribution in [0.1, 0.15) is 25.0 Å². The Bertz CT molecular complexity index is 1150. The Kier molecular flexibility index (Phi) is 8.61. The summed E-state index contributed by atoms with van der Waals surface area (Å²) in [6, 6.07) is 22.6. The molecule has 0 spiro atoms. The number of ether oxygens (including phenoxy) is 2. The van der Waals surface area contributed by atoms with Crippen molar-refractivity contribution in [2.75, 3.05) is 26.1 Å².